The number of allylic oxidation sites excluding steroid dienone is 2. The number of nitrogens with zero attached hydrogens (tertiary/aromatic N) is 1. The van der Waals surface area contributed by atoms with Crippen LogP contribution >= 0.6 is 0 Å². The quantitative estimate of drug-likeness (QED) is 0.423. The highest BCUT2D eigenvalue weighted by Gasteiger charge is 2.67. The van der Waals surface area contributed by atoms with Gasteiger partial charge in [0.05, 0.1) is 17.5 Å². The third-order valence-electron chi connectivity index (χ3n) is 7.27. The standard InChI is InChI=1S/C25H20FNO4/c26-14-6-4-13(5-7-14)21(28)12-31-16-3-1-2-15(10-16)27-24(29)22-17-8-9-18(20-11-19(17)20)23(22)25(27)30/h1-10,17-20,22-23H,11-12H2/t17-,18-,19-,20+,22-,23+/m0/s1. The first-order valence-electron chi connectivity index (χ1n) is 10.6. The Morgan fingerprint density at radius 3 is 2.26 bits per heavy atom. The monoisotopic (exact) mass is 417 g/mol. The van der Waals surface area contributed by atoms with Gasteiger partial charge in [0, 0.05) is 11.6 Å². The summed E-state index contributed by atoms with van der Waals surface area (Å²) in [5, 5.41) is 0. The molecule has 2 bridgehead atoms. The van der Waals surface area contributed by atoms with E-state index in [0.717, 1.165) is 6.42 Å². The molecule has 5 nitrogen and oxygen atoms in total. The van der Waals surface area contributed by atoms with Crippen molar-refractivity contribution in [3.63, 3.8) is 0 Å². The second kappa shape index (κ2) is 6.61. The largest absolute Gasteiger partial charge is 0.485 e. The first-order valence-corrected chi connectivity index (χ1v) is 10.6. The fourth-order valence-corrected chi connectivity index (χ4v) is 5.79. The summed E-state index contributed by atoms with van der Waals surface area (Å²) in [5.74, 6) is 0.402. The molecule has 0 spiro atoms. The van der Waals surface area contributed by atoms with Gasteiger partial charge in [-0.2, -0.15) is 0 Å². The lowest BCUT2D eigenvalue weighted by Gasteiger charge is -2.37. The molecule has 0 N–H and O–H groups in total. The minimum Gasteiger partial charge on any atom is -0.485 e. The fourth-order valence-electron chi connectivity index (χ4n) is 5.79. The minimum absolute atomic E-state index is 0.126. The average Bonchev–Trinajstić information content (AvgIpc) is 3.56. The molecule has 4 aliphatic carbocycles. The zero-order valence-electron chi connectivity index (χ0n) is 16.6. The molecule has 5 aliphatic rings. The van der Waals surface area contributed by atoms with Crippen LogP contribution in [0.1, 0.15) is 16.8 Å². The Balaban J connectivity index is 1.20. The van der Waals surface area contributed by atoms with Crippen molar-refractivity contribution in [2.75, 3.05) is 11.5 Å². The molecular formula is C25H20FNO4. The molecule has 0 unspecified atom stereocenters. The van der Waals surface area contributed by atoms with Crippen LogP contribution in [0.4, 0.5) is 10.1 Å². The lowest BCUT2D eigenvalue weighted by Crippen LogP contribution is -2.40. The second-order valence-electron chi connectivity index (χ2n) is 8.88. The van der Waals surface area contributed by atoms with Gasteiger partial charge in [-0.3, -0.25) is 14.4 Å². The highest BCUT2D eigenvalue weighted by atomic mass is 19.1. The van der Waals surface area contributed by atoms with Gasteiger partial charge < -0.3 is 4.74 Å². The molecule has 0 radical (unpaired) electrons. The van der Waals surface area contributed by atoms with Gasteiger partial charge in [0.15, 0.2) is 12.4 Å². The summed E-state index contributed by atoms with van der Waals surface area (Å²) in [6, 6.07) is 12.0. The Bertz CT molecular complexity index is 1100. The zero-order valence-corrected chi connectivity index (χ0v) is 16.6. The van der Waals surface area contributed by atoms with Gasteiger partial charge in [-0.05, 0) is 66.5 Å². The van der Waals surface area contributed by atoms with Crippen molar-refractivity contribution < 1.29 is 23.5 Å². The smallest absolute Gasteiger partial charge is 0.238 e. The first-order chi connectivity index (χ1) is 15.0. The van der Waals surface area contributed by atoms with Gasteiger partial charge >= 0.3 is 0 Å². The van der Waals surface area contributed by atoms with E-state index in [4.69, 9.17) is 4.74 Å². The number of carbonyl (C=O) groups is 3. The van der Waals surface area contributed by atoms with E-state index >= 15 is 0 Å². The SMILES string of the molecule is O=C(COc1cccc(N2C(=O)[C@@H]3[C@H]4C=C[C@@H]([C@@H]5C[C@H]45)[C@@H]3C2=O)c1)c1ccc(F)cc1. The molecule has 1 saturated heterocycles. The molecule has 6 heteroatoms. The van der Waals surface area contributed by atoms with Crippen LogP contribution in [0.3, 0.4) is 0 Å². The van der Waals surface area contributed by atoms with Crippen molar-refractivity contribution in [3.05, 3.63) is 72.1 Å². The lowest BCUT2D eigenvalue weighted by molar-refractivity contribution is -0.124. The molecule has 1 heterocycles. The molecule has 7 rings (SSSR count). The van der Waals surface area contributed by atoms with Gasteiger partial charge in [0.2, 0.25) is 11.8 Å². The third kappa shape index (κ3) is 2.77. The van der Waals surface area contributed by atoms with Gasteiger partial charge in [0.25, 0.3) is 0 Å². The summed E-state index contributed by atoms with van der Waals surface area (Å²) in [4.78, 5) is 40.1. The first kappa shape index (κ1) is 18.5. The Labute approximate surface area is 178 Å². The van der Waals surface area contributed by atoms with Crippen molar-refractivity contribution in [3.8, 4) is 5.75 Å². The summed E-state index contributed by atoms with van der Waals surface area (Å²) in [7, 11) is 0. The van der Waals surface area contributed by atoms with Crippen molar-refractivity contribution in [2.24, 2.45) is 35.5 Å². The third-order valence-corrected chi connectivity index (χ3v) is 7.27. The van der Waals surface area contributed by atoms with Crippen LogP contribution in [0.5, 0.6) is 5.75 Å². The molecular weight excluding hydrogens is 397 g/mol. The van der Waals surface area contributed by atoms with Gasteiger partial charge in [-0.15, -0.1) is 0 Å². The van der Waals surface area contributed by atoms with Crippen molar-refractivity contribution in [2.45, 2.75) is 6.42 Å². The maximum atomic E-state index is 13.2. The van der Waals surface area contributed by atoms with Crippen LogP contribution in [0.2, 0.25) is 0 Å². The lowest BCUT2D eigenvalue weighted by atomic mass is 9.63. The number of benzene rings is 2. The number of halogens is 1. The Hall–Kier alpha value is -3.28. The van der Waals surface area contributed by atoms with E-state index in [1.54, 1.807) is 24.3 Å². The number of rotatable bonds is 5. The maximum absolute atomic E-state index is 13.2. The van der Waals surface area contributed by atoms with Crippen LogP contribution in [0.25, 0.3) is 0 Å². The Morgan fingerprint density at radius 1 is 0.968 bits per heavy atom. The van der Waals surface area contributed by atoms with E-state index in [0.29, 0.717) is 28.8 Å². The second-order valence-corrected chi connectivity index (χ2v) is 8.88. The summed E-state index contributed by atoms with van der Waals surface area (Å²) in [6.45, 7) is -0.223. The van der Waals surface area contributed by atoms with Gasteiger partial charge in [0.1, 0.15) is 11.6 Å². The summed E-state index contributed by atoms with van der Waals surface area (Å²) >= 11 is 0. The van der Waals surface area contributed by atoms with E-state index in [-0.39, 0.29) is 47.9 Å². The number of anilines is 1. The maximum Gasteiger partial charge on any atom is 0.238 e. The van der Waals surface area contributed by atoms with Crippen LogP contribution in [-0.2, 0) is 9.59 Å². The van der Waals surface area contributed by atoms with E-state index in [9.17, 15) is 18.8 Å². The number of hydrogen-bond donors (Lipinski definition) is 0. The van der Waals surface area contributed by atoms with Crippen molar-refractivity contribution in [1.29, 1.82) is 0 Å². The van der Waals surface area contributed by atoms with E-state index in [2.05, 4.69) is 12.2 Å². The molecule has 2 aromatic carbocycles. The predicted octanol–water partition coefficient (Wildman–Crippen LogP) is 3.64. The van der Waals surface area contributed by atoms with E-state index in [1.165, 1.54) is 29.2 Å². The number of ether oxygens (including phenoxy) is 1. The zero-order chi connectivity index (χ0) is 21.3. The Morgan fingerprint density at radius 2 is 1.61 bits per heavy atom. The van der Waals surface area contributed by atoms with Crippen molar-refractivity contribution in [1.82, 2.24) is 0 Å². The number of carbonyl (C=O) groups excluding carboxylic acids is 3. The molecule has 0 aromatic heterocycles. The minimum atomic E-state index is -0.411. The van der Waals surface area contributed by atoms with Gasteiger partial charge in [-0.1, -0.05) is 18.2 Å². The molecule has 2 saturated carbocycles. The number of imide groups is 1. The number of hydrogen-bond acceptors (Lipinski definition) is 4. The molecule has 1 aliphatic heterocycles. The normalized spacial score (nSPS) is 32.1. The number of ketones is 1. The molecule has 156 valence electrons. The molecule has 2 aromatic rings. The van der Waals surface area contributed by atoms with E-state index in [1.807, 2.05) is 0 Å². The van der Waals surface area contributed by atoms with Crippen LogP contribution in [0, 0.1) is 41.3 Å². The van der Waals surface area contributed by atoms with E-state index < -0.39 is 5.82 Å². The Kier molecular flexibility index (Phi) is 3.94. The molecule has 31 heavy (non-hydrogen) atoms. The molecule has 3 fully saturated rings. The fraction of sp³-hybridized carbons (Fsp3) is 0.320. The van der Waals surface area contributed by atoms with Crippen LogP contribution < -0.4 is 9.64 Å². The van der Waals surface area contributed by atoms with Crippen LogP contribution in [-0.4, -0.2) is 24.2 Å². The average molecular weight is 417 g/mol. The summed E-state index contributed by atoms with van der Waals surface area (Å²) in [6.07, 6.45) is 5.42. The topological polar surface area (TPSA) is 63.7 Å². The highest BCUT2D eigenvalue weighted by molar-refractivity contribution is 6.22. The molecule has 2 amide bonds. The summed E-state index contributed by atoms with van der Waals surface area (Å²) < 4.78 is 18.7. The number of amides is 2. The molecule has 6 atom stereocenters. The summed E-state index contributed by atoms with van der Waals surface area (Å²) in [5.41, 5.74) is 0.831. The van der Waals surface area contributed by atoms with Gasteiger partial charge in [-0.25, -0.2) is 9.29 Å². The number of Topliss-reactive ketones (excluding diaryl/α,β-unsaturated/α-hetero) is 1. The van der Waals surface area contributed by atoms with Crippen LogP contribution in [0.15, 0.2) is 60.7 Å². The van der Waals surface area contributed by atoms with Crippen molar-refractivity contribution >= 4 is 23.3 Å². The predicted molar refractivity (Wildman–Crippen MR) is 110 cm³/mol. The highest BCUT2D eigenvalue weighted by Crippen LogP contribution is 2.65.